The summed E-state index contributed by atoms with van der Waals surface area (Å²) in [6, 6.07) is 2.81. The lowest BCUT2D eigenvalue weighted by molar-refractivity contribution is 0.132. The van der Waals surface area contributed by atoms with Gasteiger partial charge in [-0.2, -0.15) is 0 Å². The van der Waals surface area contributed by atoms with Crippen molar-refractivity contribution in [3.8, 4) is 0 Å². The average Bonchev–Trinajstić information content (AvgIpc) is 2.22. The Labute approximate surface area is 110 Å². The average molecular weight is 283 g/mol. The van der Waals surface area contributed by atoms with E-state index in [0.717, 1.165) is 0 Å². The highest BCUT2D eigenvalue weighted by molar-refractivity contribution is 6.43. The highest BCUT2D eigenvalue weighted by Crippen LogP contribution is 2.39. The number of nitrogens with two attached hydrogens (primary N) is 1. The first-order chi connectivity index (χ1) is 7.29. The minimum absolute atomic E-state index is 0.0470. The van der Waals surface area contributed by atoms with Crippen LogP contribution in [-0.2, 0) is 0 Å². The minimum atomic E-state index is -0.488. The van der Waals surface area contributed by atoms with Crippen LogP contribution in [0.4, 0.5) is 0 Å². The summed E-state index contributed by atoms with van der Waals surface area (Å²) in [5, 5.41) is 10.5. The number of hydrogen-bond donors (Lipinski definition) is 2. The number of aliphatic hydroxyl groups is 1. The van der Waals surface area contributed by atoms with Gasteiger partial charge >= 0.3 is 0 Å². The van der Waals surface area contributed by atoms with E-state index >= 15 is 0 Å². The van der Waals surface area contributed by atoms with Crippen LogP contribution in [0.15, 0.2) is 12.1 Å². The highest BCUT2D eigenvalue weighted by Gasteiger charge is 2.29. The monoisotopic (exact) mass is 281 g/mol. The topological polar surface area (TPSA) is 46.2 Å². The molecule has 5 heteroatoms. The molecule has 0 saturated carbocycles. The molecule has 0 saturated heterocycles. The Morgan fingerprint density at radius 2 is 1.88 bits per heavy atom. The van der Waals surface area contributed by atoms with Gasteiger partial charge in [0.05, 0.1) is 10.0 Å². The first-order valence-corrected chi connectivity index (χ1v) is 5.94. The van der Waals surface area contributed by atoms with Crippen LogP contribution in [0.5, 0.6) is 0 Å². The highest BCUT2D eigenvalue weighted by atomic mass is 35.5. The lowest BCUT2D eigenvalue weighted by atomic mass is 9.82. The SMILES string of the molecule is CC(C)(CO)[C@@H](N)c1cc(Cl)cc(Cl)c1Cl. The van der Waals surface area contributed by atoms with Crippen molar-refractivity contribution in [2.24, 2.45) is 11.1 Å². The van der Waals surface area contributed by atoms with Crippen molar-refractivity contribution in [2.75, 3.05) is 6.61 Å². The Hall–Kier alpha value is 0.01000. The standard InChI is InChI=1S/C11H14Cl3NO/c1-11(2,5-16)10(15)7-3-6(12)4-8(13)9(7)14/h3-4,10,16H,5,15H2,1-2H3/t10-/m0/s1. The molecule has 1 aromatic carbocycles. The fourth-order valence-electron chi connectivity index (χ4n) is 1.32. The maximum absolute atomic E-state index is 9.27. The second-order valence-corrected chi connectivity index (χ2v) is 5.64. The first-order valence-electron chi connectivity index (χ1n) is 4.80. The molecule has 90 valence electrons. The molecule has 0 radical (unpaired) electrons. The van der Waals surface area contributed by atoms with Crippen molar-refractivity contribution < 1.29 is 5.11 Å². The van der Waals surface area contributed by atoms with Crippen molar-refractivity contribution in [1.29, 1.82) is 0 Å². The number of halogens is 3. The molecule has 0 aromatic heterocycles. The summed E-state index contributed by atoms with van der Waals surface area (Å²) in [6.45, 7) is 3.65. The zero-order valence-electron chi connectivity index (χ0n) is 9.10. The zero-order valence-corrected chi connectivity index (χ0v) is 11.4. The zero-order chi connectivity index (χ0) is 12.5. The molecule has 16 heavy (non-hydrogen) atoms. The van der Waals surface area contributed by atoms with Crippen LogP contribution in [0.2, 0.25) is 15.1 Å². The van der Waals surface area contributed by atoms with Crippen LogP contribution in [0, 0.1) is 5.41 Å². The molecule has 0 spiro atoms. The van der Waals surface area contributed by atoms with Crippen molar-refractivity contribution in [3.63, 3.8) is 0 Å². The van der Waals surface area contributed by atoms with Crippen molar-refractivity contribution in [2.45, 2.75) is 19.9 Å². The maximum Gasteiger partial charge on any atom is 0.0641 e. The lowest BCUT2D eigenvalue weighted by Gasteiger charge is -2.30. The third kappa shape index (κ3) is 2.82. The van der Waals surface area contributed by atoms with Gasteiger partial charge in [-0.15, -0.1) is 0 Å². The number of benzene rings is 1. The molecule has 1 rings (SSSR count). The molecule has 0 bridgehead atoms. The molecule has 0 unspecified atom stereocenters. The van der Waals surface area contributed by atoms with Gasteiger partial charge in [0.15, 0.2) is 0 Å². The van der Waals surface area contributed by atoms with Gasteiger partial charge in [-0.25, -0.2) is 0 Å². The number of rotatable bonds is 3. The van der Waals surface area contributed by atoms with Gasteiger partial charge in [0.2, 0.25) is 0 Å². The Morgan fingerprint density at radius 3 is 2.38 bits per heavy atom. The molecule has 0 aliphatic carbocycles. The predicted molar refractivity (Wildman–Crippen MR) is 69.3 cm³/mol. The van der Waals surface area contributed by atoms with Crippen molar-refractivity contribution in [3.05, 3.63) is 32.8 Å². The molecular formula is C11H14Cl3NO. The van der Waals surface area contributed by atoms with E-state index in [1.807, 2.05) is 13.8 Å². The van der Waals surface area contributed by atoms with Gasteiger partial charge in [-0.1, -0.05) is 48.7 Å². The largest absolute Gasteiger partial charge is 0.396 e. The normalized spacial score (nSPS) is 13.9. The van der Waals surface area contributed by atoms with Crippen molar-refractivity contribution in [1.82, 2.24) is 0 Å². The molecule has 0 aliphatic heterocycles. The fourth-order valence-corrected chi connectivity index (χ4v) is 2.06. The fraction of sp³-hybridized carbons (Fsp3) is 0.455. The van der Waals surface area contributed by atoms with E-state index in [-0.39, 0.29) is 6.61 Å². The van der Waals surface area contributed by atoms with E-state index in [1.165, 1.54) is 0 Å². The Morgan fingerprint density at radius 1 is 1.31 bits per heavy atom. The number of aliphatic hydroxyl groups excluding tert-OH is 1. The van der Waals surface area contributed by atoms with Crippen LogP contribution < -0.4 is 5.73 Å². The molecule has 3 N–H and O–H groups in total. The molecule has 0 aliphatic rings. The third-order valence-corrected chi connectivity index (χ3v) is 3.64. The number of hydrogen-bond acceptors (Lipinski definition) is 2. The van der Waals surface area contributed by atoms with Gasteiger partial charge in [-0.05, 0) is 17.7 Å². The molecule has 0 fully saturated rings. The quantitative estimate of drug-likeness (QED) is 0.831. The molecule has 2 nitrogen and oxygen atoms in total. The van der Waals surface area contributed by atoms with E-state index in [9.17, 15) is 5.11 Å². The summed E-state index contributed by atoms with van der Waals surface area (Å²) in [4.78, 5) is 0. The molecule has 0 heterocycles. The van der Waals surface area contributed by atoms with Gasteiger partial charge < -0.3 is 10.8 Å². The summed E-state index contributed by atoms with van der Waals surface area (Å²) in [6.07, 6.45) is 0. The summed E-state index contributed by atoms with van der Waals surface area (Å²) in [7, 11) is 0. The van der Waals surface area contributed by atoms with Gasteiger partial charge in [0.25, 0.3) is 0 Å². The lowest BCUT2D eigenvalue weighted by Crippen LogP contribution is -2.32. The maximum atomic E-state index is 9.27. The Balaban J connectivity index is 3.23. The van der Waals surface area contributed by atoms with Crippen LogP contribution in [0.1, 0.15) is 25.5 Å². The minimum Gasteiger partial charge on any atom is -0.396 e. The molecule has 1 aromatic rings. The molecule has 1 atom stereocenters. The van der Waals surface area contributed by atoms with Crippen molar-refractivity contribution >= 4 is 34.8 Å². The van der Waals surface area contributed by atoms with Crippen LogP contribution >= 0.6 is 34.8 Å². The smallest absolute Gasteiger partial charge is 0.0641 e. The first kappa shape index (κ1) is 14.1. The van der Waals surface area contributed by atoms with Crippen LogP contribution in [-0.4, -0.2) is 11.7 Å². The van der Waals surface area contributed by atoms with E-state index in [4.69, 9.17) is 40.5 Å². The van der Waals surface area contributed by atoms with E-state index in [0.29, 0.717) is 20.6 Å². The van der Waals surface area contributed by atoms with E-state index in [1.54, 1.807) is 12.1 Å². The Bertz CT molecular complexity index is 393. The molecular weight excluding hydrogens is 268 g/mol. The van der Waals surface area contributed by atoms with E-state index in [2.05, 4.69) is 0 Å². The van der Waals surface area contributed by atoms with E-state index < -0.39 is 11.5 Å². The summed E-state index contributed by atoms with van der Waals surface area (Å²) < 4.78 is 0. The van der Waals surface area contributed by atoms with Gasteiger partial charge in [0.1, 0.15) is 0 Å². The second kappa shape index (κ2) is 5.11. The predicted octanol–water partition coefficient (Wildman–Crippen LogP) is 3.67. The summed E-state index contributed by atoms with van der Waals surface area (Å²) >= 11 is 17.9. The summed E-state index contributed by atoms with van der Waals surface area (Å²) in [5.41, 5.74) is 6.22. The van der Waals surface area contributed by atoms with Crippen LogP contribution in [0.3, 0.4) is 0 Å². The third-order valence-electron chi connectivity index (χ3n) is 2.61. The second-order valence-electron chi connectivity index (χ2n) is 4.42. The van der Waals surface area contributed by atoms with Gasteiger partial charge in [-0.3, -0.25) is 0 Å². The molecule has 0 amide bonds. The van der Waals surface area contributed by atoms with Crippen LogP contribution in [0.25, 0.3) is 0 Å². The van der Waals surface area contributed by atoms with Gasteiger partial charge in [0, 0.05) is 23.1 Å². The summed E-state index contributed by atoms with van der Waals surface area (Å²) in [5.74, 6) is 0. The Kier molecular flexibility index (Phi) is 4.49.